The maximum atomic E-state index is 14.8. The summed E-state index contributed by atoms with van der Waals surface area (Å²) in [4.78, 5) is 30.3. The second kappa shape index (κ2) is 10.3. The maximum absolute atomic E-state index is 14.8. The molecule has 2 amide bonds. The second-order valence-electron chi connectivity index (χ2n) is 12.0. The molecule has 3 aromatic rings. The first-order valence-electron chi connectivity index (χ1n) is 14.2. The van der Waals surface area contributed by atoms with E-state index in [9.17, 15) is 36.6 Å². The van der Waals surface area contributed by atoms with Crippen LogP contribution in [0, 0.1) is 18.2 Å². The predicted molar refractivity (Wildman–Crippen MR) is 151 cm³/mol. The summed E-state index contributed by atoms with van der Waals surface area (Å²) in [6.07, 6.45) is 0.635. The number of alkyl halides is 4. The number of dihydropyridines is 1. The molecule has 0 spiro atoms. The second-order valence-corrected chi connectivity index (χ2v) is 12.0. The Balaban J connectivity index is 1.39. The van der Waals surface area contributed by atoms with Crippen LogP contribution in [0.1, 0.15) is 52.9 Å². The molecular weight excluding hydrogens is 601 g/mol. The van der Waals surface area contributed by atoms with Crippen molar-refractivity contribution < 1.29 is 41.4 Å². The summed E-state index contributed by atoms with van der Waals surface area (Å²) in [5, 5.41) is 16.2. The molecule has 1 saturated carbocycles. The van der Waals surface area contributed by atoms with Crippen LogP contribution in [-0.2, 0) is 15.1 Å². The number of ether oxygens (including phenoxy) is 1. The SMILES string of the molecule is Cc1cc(C(=O)NC[C@](O)(C2=CC3=C(OC[C@]3(CF)C(N)=O)C(C)(c3ccc(F)cc3)N2)C(F)(F)F)cn2cc(C3CC3)nc12. The number of benzene rings is 1. The summed E-state index contributed by atoms with van der Waals surface area (Å²) in [6.45, 7) is -0.258. The van der Waals surface area contributed by atoms with Crippen LogP contribution in [-0.4, -0.2) is 57.9 Å². The number of aromatic nitrogens is 2. The summed E-state index contributed by atoms with van der Waals surface area (Å²) in [6, 6.07) is 6.16. The van der Waals surface area contributed by atoms with Gasteiger partial charge in [-0.3, -0.25) is 9.59 Å². The molecule has 3 aliphatic rings. The fourth-order valence-corrected chi connectivity index (χ4v) is 5.93. The van der Waals surface area contributed by atoms with Crippen molar-refractivity contribution in [2.45, 2.75) is 49.9 Å². The zero-order valence-corrected chi connectivity index (χ0v) is 24.3. The highest BCUT2D eigenvalue weighted by Crippen LogP contribution is 2.51. The molecule has 0 bridgehead atoms. The lowest BCUT2D eigenvalue weighted by atomic mass is 9.74. The Labute approximate surface area is 253 Å². The van der Waals surface area contributed by atoms with E-state index in [1.165, 1.54) is 31.3 Å². The molecule has 1 aliphatic carbocycles. The number of carbonyl (C=O) groups excluding carboxylic acids is 2. The Bertz CT molecular complexity index is 1780. The molecule has 1 aromatic carbocycles. The minimum absolute atomic E-state index is 0.0327. The van der Waals surface area contributed by atoms with Gasteiger partial charge in [0.05, 0.1) is 23.5 Å². The minimum atomic E-state index is -5.39. The van der Waals surface area contributed by atoms with Crippen LogP contribution in [0.4, 0.5) is 22.0 Å². The van der Waals surface area contributed by atoms with Crippen molar-refractivity contribution in [3.05, 3.63) is 94.0 Å². The van der Waals surface area contributed by atoms with Gasteiger partial charge in [0.2, 0.25) is 11.5 Å². The average Bonchev–Trinajstić information content (AvgIpc) is 3.62. The van der Waals surface area contributed by atoms with Crippen LogP contribution >= 0.6 is 0 Å². The highest BCUT2D eigenvalue weighted by molar-refractivity contribution is 5.94. The van der Waals surface area contributed by atoms with Gasteiger partial charge in [0.1, 0.15) is 41.5 Å². The Hall–Kier alpha value is -4.46. The number of hydrogen-bond donors (Lipinski definition) is 4. The van der Waals surface area contributed by atoms with E-state index in [2.05, 4.69) is 15.6 Å². The third-order valence-corrected chi connectivity index (χ3v) is 8.90. The molecule has 3 atom stereocenters. The predicted octanol–water partition coefficient (Wildman–Crippen LogP) is 3.81. The van der Waals surface area contributed by atoms with Gasteiger partial charge in [-0.2, -0.15) is 13.2 Å². The first-order chi connectivity index (χ1) is 21.1. The maximum Gasteiger partial charge on any atom is 0.424 e. The van der Waals surface area contributed by atoms with Crippen LogP contribution in [0.15, 0.2) is 65.8 Å². The molecule has 5 N–H and O–H groups in total. The highest BCUT2D eigenvalue weighted by atomic mass is 19.4. The molecule has 238 valence electrons. The van der Waals surface area contributed by atoms with Gasteiger partial charge in [0, 0.05) is 23.9 Å². The number of primary amides is 1. The quantitative estimate of drug-likeness (QED) is 0.280. The zero-order chi connectivity index (χ0) is 32.5. The van der Waals surface area contributed by atoms with Crippen LogP contribution in [0.2, 0.25) is 0 Å². The number of nitrogens with one attached hydrogen (secondary N) is 2. The van der Waals surface area contributed by atoms with Gasteiger partial charge in [0.25, 0.3) is 5.91 Å². The molecule has 45 heavy (non-hydrogen) atoms. The van der Waals surface area contributed by atoms with Crippen molar-refractivity contribution in [1.29, 1.82) is 0 Å². The Kier molecular flexibility index (Phi) is 6.99. The number of carbonyl (C=O) groups is 2. The number of aliphatic hydroxyl groups is 1. The number of nitrogens with zero attached hydrogens (tertiary/aromatic N) is 2. The molecule has 0 radical (unpaired) electrons. The van der Waals surface area contributed by atoms with Crippen LogP contribution < -0.4 is 16.4 Å². The highest BCUT2D eigenvalue weighted by Gasteiger charge is 2.61. The van der Waals surface area contributed by atoms with E-state index in [-0.39, 0.29) is 22.5 Å². The number of hydrogen-bond acceptors (Lipinski definition) is 6. The van der Waals surface area contributed by atoms with Gasteiger partial charge < -0.3 is 30.6 Å². The number of rotatable bonds is 8. The number of nitrogens with two attached hydrogens (primary N) is 1. The molecule has 1 unspecified atom stereocenters. The van der Waals surface area contributed by atoms with E-state index in [1.54, 1.807) is 17.5 Å². The number of fused-ring (bicyclic) bond motifs is 1. The van der Waals surface area contributed by atoms with E-state index in [4.69, 9.17) is 10.5 Å². The summed E-state index contributed by atoms with van der Waals surface area (Å²) >= 11 is 0. The standard InChI is InChI=1S/C31H30F5N5O4/c1-16-9-18(11-41-12-22(17-3-4-17)39-25(16)41)26(42)38-14-30(44,31(34,35)36)23-10-21-24(45-15-29(21,13-32)27(37)43)28(2,40-23)19-5-7-20(33)8-6-19/h5-12,17,40,44H,3-4,13-15H2,1-2H3,(H2,37,43)(H,38,42)/t28?,29-,30-/m0/s1. The summed E-state index contributed by atoms with van der Waals surface area (Å²) in [7, 11) is 0. The van der Waals surface area contributed by atoms with Crippen molar-refractivity contribution in [3.63, 3.8) is 0 Å². The largest absolute Gasteiger partial charge is 0.493 e. The van der Waals surface area contributed by atoms with E-state index >= 15 is 0 Å². The molecule has 14 heteroatoms. The van der Waals surface area contributed by atoms with Crippen molar-refractivity contribution in [2.24, 2.45) is 11.1 Å². The first kappa shape index (κ1) is 30.6. The van der Waals surface area contributed by atoms with Gasteiger partial charge in [0.15, 0.2) is 0 Å². The Morgan fingerprint density at radius 3 is 2.51 bits per heavy atom. The summed E-state index contributed by atoms with van der Waals surface area (Å²) in [5.41, 5.74) is -1.01. The number of amides is 2. The lowest BCUT2D eigenvalue weighted by Gasteiger charge is -2.43. The number of allylic oxidation sites excluding steroid dienone is 1. The molecule has 2 aromatic heterocycles. The minimum Gasteiger partial charge on any atom is -0.493 e. The molecule has 1 fully saturated rings. The number of pyridine rings is 1. The van der Waals surface area contributed by atoms with Crippen molar-refractivity contribution >= 4 is 17.5 Å². The summed E-state index contributed by atoms with van der Waals surface area (Å²) in [5.74, 6) is -2.49. The molecule has 0 saturated heterocycles. The fraction of sp³-hybridized carbons (Fsp3) is 0.387. The third-order valence-electron chi connectivity index (χ3n) is 8.90. The van der Waals surface area contributed by atoms with Gasteiger partial charge in [-0.05, 0) is 62.1 Å². The molecule has 6 rings (SSSR count). The number of halogens is 5. The lowest BCUT2D eigenvalue weighted by molar-refractivity contribution is -0.243. The molecule has 2 aliphatic heterocycles. The monoisotopic (exact) mass is 631 g/mol. The Morgan fingerprint density at radius 2 is 1.91 bits per heavy atom. The van der Waals surface area contributed by atoms with E-state index in [0.717, 1.165) is 36.7 Å². The topological polar surface area (TPSA) is 131 Å². The van der Waals surface area contributed by atoms with Crippen LogP contribution in [0.3, 0.4) is 0 Å². The van der Waals surface area contributed by atoms with Crippen molar-refractivity contribution in [3.8, 4) is 0 Å². The summed E-state index contributed by atoms with van der Waals surface area (Å²) < 4.78 is 80.1. The van der Waals surface area contributed by atoms with Gasteiger partial charge in [-0.15, -0.1) is 0 Å². The molecule has 9 nitrogen and oxygen atoms in total. The average molecular weight is 632 g/mol. The third kappa shape index (κ3) is 4.82. The van der Waals surface area contributed by atoms with Crippen LogP contribution in [0.25, 0.3) is 5.65 Å². The fourth-order valence-electron chi connectivity index (χ4n) is 5.93. The van der Waals surface area contributed by atoms with E-state index in [0.29, 0.717) is 17.1 Å². The normalized spacial score (nSPS) is 24.4. The van der Waals surface area contributed by atoms with Gasteiger partial charge in [-0.25, -0.2) is 13.8 Å². The first-order valence-corrected chi connectivity index (χ1v) is 14.2. The zero-order valence-electron chi connectivity index (χ0n) is 24.3. The van der Waals surface area contributed by atoms with Gasteiger partial charge in [-0.1, -0.05) is 12.1 Å². The Morgan fingerprint density at radius 1 is 1.22 bits per heavy atom. The van der Waals surface area contributed by atoms with Gasteiger partial charge >= 0.3 is 6.18 Å². The lowest BCUT2D eigenvalue weighted by Crippen LogP contribution is -2.61. The molecule has 4 heterocycles. The van der Waals surface area contributed by atoms with E-state index in [1.807, 2.05) is 0 Å². The molecular formula is C31H30F5N5O4. The number of imidazole rings is 1. The smallest absolute Gasteiger partial charge is 0.424 e. The van der Waals surface area contributed by atoms with E-state index < -0.39 is 65.9 Å². The van der Waals surface area contributed by atoms with Crippen molar-refractivity contribution in [1.82, 2.24) is 20.0 Å². The van der Waals surface area contributed by atoms with Crippen molar-refractivity contribution in [2.75, 3.05) is 19.8 Å². The van der Waals surface area contributed by atoms with Crippen LogP contribution in [0.5, 0.6) is 0 Å². The number of aryl methyl sites for hydroxylation is 1.